The maximum absolute atomic E-state index is 12.3. The molecule has 0 fully saturated rings. The first kappa shape index (κ1) is 21.4. The van der Waals surface area contributed by atoms with Crippen molar-refractivity contribution in [3.63, 3.8) is 0 Å². The van der Waals surface area contributed by atoms with Crippen LogP contribution in [0.2, 0.25) is 0 Å². The maximum Gasteiger partial charge on any atom is 0.271 e. The zero-order chi connectivity index (χ0) is 22.4. The van der Waals surface area contributed by atoms with Crippen molar-refractivity contribution in [2.24, 2.45) is 5.10 Å². The molecule has 2 amide bonds. The standard InChI is InChI=1S/C23H20N4O4/c1-15-4-3-5-19(14-15)22(28)24-20-10-6-18(7-11-20)23(29)26-25-16(2)17-8-12-21(13-9-17)27(30)31/h3-14H,1-2H3,(H,24,28)(H,26,29). The highest BCUT2D eigenvalue weighted by atomic mass is 16.6. The van der Waals surface area contributed by atoms with Crippen LogP contribution in [-0.4, -0.2) is 22.4 Å². The molecule has 8 nitrogen and oxygen atoms in total. The molecule has 0 spiro atoms. The number of hydrazone groups is 1. The lowest BCUT2D eigenvalue weighted by Crippen LogP contribution is -2.19. The fourth-order valence-electron chi connectivity index (χ4n) is 2.78. The monoisotopic (exact) mass is 416 g/mol. The van der Waals surface area contributed by atoms with Gasteiger partial charge in [0.15, 0.2) is 0 Å². The van der Waals surface area contributed by atoms with Gasteiger partial charge in [-0.3, -0.25) is 19.7 Å². The minimum Gasteiger partial charge on any atom is -0.322 e. The topological polar surface area (TPSA) is 114 Å². The van der Waals surface area contributed by atoms with E-state index in [2.05, 4.69) is 15.8 Å². The van der Waals surface area contributed by atoms with Crippen LogP contribution >= 0.6 is 0 Å². The molecule has 8 heteroatoms. The van der Waals surface area contributed by atoms with Crippen LogP contribution in [0.5, 0.6) is 0 Å². The van der Waals surface area contributed by atoms with Crippen molar-refractivity contribution in [2.45, 2.75) is 13.8 Å². The Morgan fingerprint density at radius 3 is 2.13 bits per heavy atom. The Labute approximate surface area is 178 Å². The zero-order valence-electron chi connectivity index (χ0n) is 17.0. The Balaban J connectivity index is 1.61. The van der Waals surface area contributed by atoms with Crippen LogP contribution in [0.3, 0.4) is 0 Å². The van der Waals surface area contributed by atoms with Crippen LogP contribution in [0.4, 0.5) is 11.4 Å². The first-order valence-corrected chi connectivity index (χ1v) is 9.41. The second-order valence-electron chi connectivity index (χ2n) is 6.84. The number of nitrogens with zero attached hydrogens (tertiary/aromatic N) is 2. The molecular formula is C23H20N4O4. The van der Waals surface area contributed by atoms with Gasteiger partial charge in [0.1, 0.15) is 0 Å². The number of nitrogens with one attached hydrogen (secondary N) is 2. The van der Waals surface area contributed by atoms with E-state index in [1.807, 2.05) is 19.1 Å². The molecule has 0 unspecified atom stereocenters. The van der Waals surface area contributed by atoms with Crippen LogP contribution in [0.15, 0.2) is 77.9 Å². The van der Waals surface area contributed by atoms with Gasteiger partial charge in [0.2, 0.25) is 0 Å². The minimum atomic E-state index is -0.481. The quantitative estimate of drug-likeness (QED) is 0.354. The molecule has 0 radical (unpaired) electrons. The van der Waals surface area contributed by atoms with Crippen LogP contribution in [0.25, 0.3) is 0 Å². The number of nitro benzene ring substituents is 1. The predicted molar refractivity (Wildman–Crippen MR) is 118 cm³/mol. The summed E-state index contributed by atoms with van der Waals surface area (Å²) in [7, 11) is 0. The number of hydrogen-bond acceptors (Lipinski definition) is 5. The molecule has 0 aliphatic heterocycles. The van der Waals surface area contributed by atoms with Gasteiger partial charge >= 0.3 is 0 Å². The van der Waals surface area contributed by atoms with Crippen LogP contribution < -0.4 is 10.7 Å². The number of carbonyl (C=O) groups excluding carboxylic acids is 2. The summed E-state index contributed by atoms with van der Waals surface area (Å²) in [6.45, 7) is 3.60. The van der Waals surface area contributed by atoms with Crippen LogP contribution in [-0.2, 0) is 0 Å². The van der Waals surface area contributed by atoms with E-state index in [-0.39, 0.29) is 11.6 Å². The predicted octanol–water partition coefficient (Wildman–Crippen LogP) is 4.31. The number of hydrogen-bond donors (Lipinski definition) is 2. The number of rotatable bonds is 6. The first-order valence-electron chi connectivity index (χ1n) is 9.41. The molecule has 0 saturated heterocycles. The van der Waals surface area contributed by atoms with E-state index >= 15 is 0 Å². The van der Waals surface area contributed by atoms with Gasteiger partial charge in [-0.25, -0.2) is 5.43 Å². The SMILES string of the molecule is CC(=NNC(=O)c1ccc(NC(=O)c2cccc(C)c2)cc1)c1ccc([N+](=O)[O-])cc1. The molecule has 0 bridgehead atoms. The Morgan fingerprint density at radius 2 is 1.52 bits per heavy atom. The molecule has 0 atom stereocenters. The number of non-ortho nitro benzene ring substituents is 1. The highest BCUT2D eigenvalue weighted by Gasteiger charge is 2.09. The Morgan fingerprint density at radius 1 is 0.871 bits per heavy atom. The summed E-state index contributed by atoms with van der Waals surface area (Å²) in [5.41, 5.74) is 6.07. The summed E-state index contributed by atoms with van der Waals surface area (Å²) in [6, 6.07) is 19.6. The lowest BCUT2D eigenvalue weighted by Gasteiger charge is -2.07. The van der Waals surface area contributed by atoms with Gasteiger partial charge in [0, 0.05) is 28.9 Å². The Bertz CT molecular complexity index is 1150. The Kier molecular flexibility index (Phi) is 6.51. The van der Waals surface area contributed by atoms with Gasteiger partial charge in [-0.1, -0.05) is 17.7 Å². The van der Waals surface area contributed by atoms with Gasteiger partial charge in [-0.05, 0) is 67.9 Å². The molecule has 156 valence electrons. The number of carbonyl (C=O) groups is 2. The van der Waals surface area contributed by atoms with Crippen molar-refractivity contribution in [3.8, 4) is 0 Å². The highest BCUT2D eigenvalue weighted by Crippen LogP contribution is 2.14. The van der Waals surface area contributed by atoms with Crippen molar-refractivity contribution < 1.29 is 14.5 Å². The molecule has 3 aromatic rings. The van der Waals surface area contributed by atoms with Crippen molar-refractivity contribution in [3.05, 3.63) is 105 Å². The average Bonchev–Trinajstić information content (AvgIpc) is 2.77. The van der Waals surface area contributed by atoms with Crippen LogP contribution in [0.1, 0.15) is 38.8 Å². The van der Waals surface area contributed by atoms with Crippen molar-refractivity contribution in [2.75, 3.05) is 5.32 Å². The van der Waals surface area contributed by atoms with E-state index in [0.29, 0.717) is 28.1 Å². The van der Waals surface area contributed by atoms with Gasteiger partial charge in [-0.2, -0.15) is 5.10 Å². The highest BCUT2D eigenvalue weighted by molar-refractivity contribution is 6.05. The maximum atomic E-state index is 12.3. The fraction of sp³-hybridized carbons (Fsp3) is 0.0870. The molecule has 0 heterocycles. The summed E-state index contributed by atoms with van der Waals surface area (Å²) < 4.78 is 0. The number of nitro groups is 1. The largest absolute Gasteiger partial charge is 0.322 e. The summed E-state index contributed by atoms with van der Waals surface area (Å²) in [6.07, 6.45) is 0. The van der Waals surface area contributed by atoms with Crippen molar-refractivity contribution in [1.29, 1.82) is 0 Å². The molecular weight excluding hydrogens is 396 g/mol. The van der Waals surface area contributed by atoms with Gasteiger partial charge < -0.3 is 5.32 Å². The smallest absolute Gasteiger partial charge is 0.271 e. The van der Waals surface area contributed by atoms with Crippen LogP contribution in [0, 0.1) is 17.0 Å². The molecule has 0 saturated carbocycles. The summed E-state index contributed by atoms with van der Waals surface area (Å²) in [4.78, 5) is 34.9. The number of anilines is 1. The molecule has 3 aromatic carbocycles. The zero-order valence-corrected chi connectivity index (χ0v) is 17.0. The van der Waals surface area contributed by atoms with E-state index < -0.39 is 10.8 Å². The van der Waals surface area contributed by atoms with E-state index in [0.717, 1.165) is 5.56 Å². The third-order valence-electron chi connectivity index (χ3n) is 4.51. The number of aryl methyl sites for hydroxylation is 1. The van der Waals surface area contributed by atoms with E-state index in [9.17, 15) is 19.7 Å². The van der Waals surface area contributed by atoms with Gasteiger partial charge in [0.05, 0.1) is 10.6 Å². The third kappa shape index (κ3) is 5.60. The molecule has 0 aromatic heterocycles. The minimum absolute atomic E-state index is 0.0184. The average molecular weight is 416 g/mol. The normalized spacial score (nSPS) is 11.0. The molecule has 2 N–H and O–H groups in total. The molecule has 0 aliphatic rings. The third-order valence-corrected chi connectivity index (χ3v) is 4.51. The van der Waals surface area contributed by atoms with E-state index in [1.54, 1.807) is 55.5 Å². The summed E-state index contributed by atoms with van der Waals surface area (Å²) >= 11 is 0. The lowest BCUT2D eigenvalue weighted by molar-refractivity contribution is -0.384. The number of benzene rings is 3. The second-order valence-corrected chi connectivity index (χ2v) is 6.84. The Hall–Kier alpha value is -4.33. The van der Waals surface area contributed by atoms with E-state index in [1.165, 1.54) is 12.1 Å². The van der Waals surface area contributed by atoms with Crippen molar-refractivity contribution >= 4 is 28.9 Å². The fourth-order valence-corrected chi connectivity index (χ4v) is 2.78. The number of amides is 2. The van der Waals surface area contributed by atoms with Crippen molar-refractivity contribution in [1.82, 2.24) is 5.43 Å². The van der Waals surface area contributed by atoms with Gasteiger partial charge in [-0.15, -0.1) is 0 Å². The molecule has 3 rings (SSSR count). The van der Waals surface area contributed by atoms with E-state index in [4.69, 9.17) is 0 Å². The molecule has 31 heavy (non-hydrogen) atoms. The first-order chi connectivity index (χ1) is 14.8. The second kappa shape index (κ2) is 9.45. The summed E-state index contributed by atoms with van der Waals surface area (Å²) in [5, 5.41) is 17.5. The van der Waals surface area contributed by atoms with Gasteiger partial charge in [0.25, 0.3) is 17.5 Å². The summed E-state index contributed by atoms with van der Waals surface area (Å²) in [5.74, 6) is -0.651. The molecule has 0 aliphatic carbocycles. The lowest BCUT2D eigenvalue weighted by atomic mass is 10.1.